The maximum atomic E-state index is 2.41. The molecular formula is C56H38N2. The van der Waals surface area contributed by atoms with Gasteiger partial charge in [0, 0.05) is 33.5 Å². The third kappa shape index (κ3) is 5.66. The Labute approximate surface area is 338 Å². The van der Waals surface area contributed by atoms with E-state index >= 15 is 0 Å². The van der Waals surface area contributed by atoms with Gasteiger partial charge in [-0.05, 0) is 116 Å². The fourth-order valence-corrected chi connectivity index (χ4v) is 8.98. The van der Waals surface area contributed by atoms with Crippen LogP contribution < -0.4 is 4.90 Å². The van der Waals surface area contributed by atoms with Gasteiger partial charge in [0.2, 0.25) is 0 Å². The largest absolute Gasteiger partial charge is 0.310 e. The average molecular weight is 739 g/mol. The molecule has 0 saturated carbocycles. The summed E-state index contributed by atoms with van der Waals surface area (Å²) in [6.45, 7) is 0. The third-order valence-electron chi connectivity index (χ3n) is 11.5. The predicted octanol–water partition coefficient (Wildman–Crippen LogP) is 15.6. The number of nitrogens with zero attached hydrogens (tertiary/aromatic N) is 2. The minimum absolute atomic E-state index is 1.09. The summed E-state index contributed by atoms with van der Waals surface area (Å²) in [6, 6.07) is 83.6. The predicted molar refractivity (Wildman–Crippen MR) is 247 cm³/mol. The molecule has 11 rings (SSSR count). The molecule has 0 amide bonds. The fourth-order valence-electron chi connectivity index (χ4n) is 8.98. The van der Waals surface area contributed by atoms with Crippen LogP contribution in [0, 0.1) is 0 Å². The van der Waals surface area contributed by atoms with Crippen LogP contribution in [0.1, 0.15) is 0 Å². The van der Waals surface area contributed by atoms with Gasteiger partial charge in [-0.3, -0.25) is 0 Å². The van der Waals surface area contributed by atoms with E-state index < -0.39 is 0 Å². The molecular weight excluding hydrogens is 701 g/mol. The Kier molecular flexibility index (Phi) is 8.19. The molecule has 2 nitrogen and oxygen atoms in total. The first kappa shape index (κ1) is 33.6. The molecule has 1 aromatic heterocycles. The van der Waals surface area contributed by atoms with Crippen molar-refractivity contribution in [3.63, 3.8) is 0 Å². The van der Waals surface area contributed by atoms with Gasteiger partial charge in [-0.2, -0.15) is 0 Å². The molecule has 0 aliphatic carbocycles. The Balaban J connectivity index is 1.12. The van der Waals surface area contributed by atoms with E-state index in [1.54, 1.807) is 0 Å². The van der Waals surface area contributed by atoms with Crippen LogP contribution in [0.5, 0.6) is 0 Å². The van der Waals surface area contributed by atoms with E-state index in [9.17, 15) is 0 Å². The topological polar surface area (TPSA) is 8.17 Å². The Morgan fingerprint density at radius 2 is 0.741 bits per heavy atom. The van der Waals surface area contributed by atoms with Gasteiger partial charge < -0.3 is 9.47 Å². The molecule has 1 heterocycles. The summed E-state index contributed by atoms with van der Waals surface area (Å²) < 4.78 is 2.39. The Hall–Kier alpha value is -7.68. The van der Waals surface area contributed by atoms with Crippen LogP contribution in [0.3, 0.4) is 0 Å². The van der Waals surface area contributed by atoms with Crippen molar-refractivity contribution in [3.8, 4) is 39.1 Å². The maximum absolute atomic E-state index is 2.41. The molecule has 10 aromatic carbocycles. The lowest BCUT2D eigenvalue weighted by Crippen LogP contribution is -2.10. The van der Waals surface area contributed by atoms with Gasteiger partial charge in [0.15, 0.2) is 0 Å². The molecule has 0 fully saturated rings. The SMILES string of the molecule is c1ccc(-c2c(-c3ccccc3)c3cc(-c4cccc(N(c5ccccc5)c5ccc6c7ccccc7n(-c7ccccc7)c6c5)c4)ccc3c3ccccc23)cc1. The molecule has 0 saturated heterocycles. The van der Waals surface area contributed by atoms with Crippen molar-refractivity contribution >= 4 is 60.4 Å². The second kappa shape index (κ2) is 14.1. The Morgan fingerprint density at radius 3 is 1.47 bits per heavy atom. The van der Waals surface area contributed by atoms with E-state index in [0.717, 1.165) is 28.3 Å². The van der Waals surface area contributed by atoms with Crippen molar-refractivity contribution in [1.82, 2.24) is 4.57 Å². The van der Waals surface area contributed by atoms with Crippen LogP contribution in [0.15, 0.2) is 231 Å². The van der Waals surface area contributed by atoms with Crippen molar-refractivity contribution < 1.29 is 0 Å². The highest BCUT2D eigenvalue weighted by Crippen LogP contribution is 2.46. The second-order valence-corrected chi connectivity index (χ2v) is 14.9. The molecule has 0 N–H and O–H groups in total. The van der Waals surface area contributed by atoms with Crippen molar-refractivity contribution in [2.75, 3.05) is 4.90 Å². The van der Waals surface area contributed by atoms with E-state index in [1.165, 1.54) is 71.2 Å². The van der Waals surface area contributed by atoms with Gasteiger partial charge in [-0.1, -0.05) is 170 Å². The van der Waals surface area contributed by atoms with E-state index in [1.807, 2.05) is 0 Å². The summed E-state index contributed by atoms with van der Waals surface area (Å²) >= 11 is 0. The fraction of sp³-hybridized carbons (Fsp3) is 0. The van der Waals surface area contributed by atoms with Gasteiger partial charge in [-0.25, -0.2) is 0 Å². The van der Waals surface area contributed by atoms with E-state index in [0.29, 0.717) is 0 Å². The summed E-state index contributed by atoms with van der Waals surface area (Å²) in [7, 11) is 0. The zero-order valence-electron chi connectivity index (χ0n) is 31.8. The van der Waals surface area contributed by atoms with Gasteiger partial charge in [0.05, 0.1) is 11.0 Å². The molecule has 0 spiro atoms. The number of fused-ring (bicyclic) bond motifs is 6. The number of para-hydroxylation sites is 3. The van der Waals surface area contributed by atoms with E-state index in [2.05, 4.69) is 240 Å². The van der Waals surface area contributed by atoms with Gasteiger partial charge in [-0.15, -0.1) is 0 Å². The molecule has 0 bridgehead atoms. The van der Waals surface area contributed by atoms with Crippen molar-refractivity contribution in [1.29, 1.82) is 0 Å². The quantitative estimate of drug-likeness (QED) is 0.148. The van der Waals surface area contributed by atoms with Crippen LogP contribution >= 0.6 is 0 Å². The summed E-state index contributed by atoms with van der Waals surface area (Å²) in [5.74, 6) is 0. The molecule has 0 aliphatic rings. The first-order valence-corrected chi connectivity index (χ1v) is 19.9. The molecule has 58 heavy (non-hydrogen) atoms. The standard InChI is InChI=1S/C56H38N2/c1-5-18-39(19-6-1)55-51-30-14-13-28-47(51)48-34-32-42(37-52(48)56(55)40-20-7-2-8-21-40)41-22-17-27-45(36-41)57(43-23-9-3-10-24-43)46-33-35-50-49-29-15-16-31-53(49)58(54(50)38-46)44-25-11-4-12-26-44/h1-38H. The lowest BCUT2D eigenvalue weighted by atomic mass is 9.84. The highest BCUT2D eigenvalue weighted by molar-refractivity contribution is 6.22. The normalized spacial score (nSPS) is 11.4. The van der Waals surface area contributed by atoms with E-state index in [4.69, 9.17) is 0 Å². The average Bonchev–Trinajstić information content (AvgIpc) is 3.63. The zero-order valence-corrected chi connectivity index (χ0v) is 31.8. The minimum atomic E-state index is 1.09. The Bertz CT molecular complexity index is 3260. The summed E-state index contributed by atoms with van der Waals surface area (Å²) in [5.41, 5.74) is 14.1. The highest BCUT2D eigenvalue weighted by Gasteiger charge is 2.20. The molecule has 0 radical (unpaired) electrons. The van der Waals surface area contributed by atoms with Crippen molar-refractivity contribution in [2.24, 2.45) is 0 Å². The van der Waals surface area contributed by atoms with Gasteiger partial charge >= 0.3 is 0 Å². The van der Waals surface area contributed by atoms with Gasteiger partial charge in [0.25, 0.3) is 0 Å². The second-order valence-electron chi connectivity index (χ2n) is 14.9. The Morgan fingerprint density at radius 1 is 0.259 bits per heavy atom. The first-order chi connectivity index (χ1) is 28.8. The lowest BCUT2D eigenvalue weighted by Gasteiger charge is -2.26. The van der Waals surface area contributed by atoms with Crippen LogP contribution in [-0.4, -0.2) is 4.57 Å². The smallest absolute Gasteiger partial charge is 0.0561 e. The molecule has 0 aliphatic heterocycles. The van der Waals surface area contributed by atoms with Gasteiger partial charge in [0.1, 0.15) is 0 Å². The van der Waals surface area contributed by atoms with Crippen LogP contribution in [-0.2, 0) is 0 Å². The minimum Gasteiger partial charge on any atom is -0.310 e. The highest BCUT2D eigenvalue weighted by atomic mass is 15.1. The van der Waals surface area contributed by atoms with Crippen LogP contribution in [0.2, 0.25) is 0 Å². The van der Waals surface area contributed by atoms with E-state index in [-0.39, 0.29) is 0 Å². The summed E-state index contributed by atoms with van der Waals surface area (Å²) in [6.07, 6.45) is 0. The van der Waals surface area contributed by atoms with Crippen molar-refractivity contribution in [3.05, 3.63) is 231 Å². The number of benzene rings is 10. The number of rotatable bonds is 7. The molecule has 0 unspecified atom stereocenters. The first-order valence-electron chi connectivity index (χ1n) is 19.9. The third-order valence-corrected chi connectivity index (χ3v) is 11.5. The summed E-state index contributed by atoms with van der Waals surface area (Å²) in [5, 5.41) is 7.49. The summed E-state index contributed by atoms with van der Waals surface area (Å²) in [4.78, 5) is 2.38. The lowest BCUT2D eigenvalue weighted by molar-refractivity contribution is 1.18. The zero-order chi connectivity index (χ0) is 38.4. The molecule has 0 atom stereocenters. The number of hydrogen-bond donors (Lipinski definition) is 0. The monoisotopic (exact) mass is 738 g/mol. The maximum Gasteiger partial charge on any atom is 0.0561 e. The number of hydrogen-bond acceptors (Lipinski definition) is 1. The molecule has 2 heteroatoms. The van der Waals surface area contributed by atoms with Crippen LogP contribution in [0.4, 0.5) is 17.1 Å². The van der Waals surface area contributed by atoms with Crippen LogP contribution in [0.25, 0.3) is 82.4 Å². The van der Waals surface area contributed by atoms with Crippen molar-refractivity contribution in [2.45, 2.75) is 0 Å². The molecule has 11 aromatic rings. The molecule has 272 valence electrons. The number of anilines is 3. The number of aromatic nitrogens is 1.